The zero-order valence-electron chi connectivity index (χ0n) is 14.8. The monoisotopic (exact) mass is 389 g/mol. The summed E-state index contributed by atoms with van der Waals surface area (Å²) in [7, 11) is -2.02. The van der Waals surface area contributed by atoms with E-state index in [0.717, 1.165) is 36.4 Å². The fraction of sp³-hybridized carbons (Fsp3) is 0.500. The Hall–Kier alpha value is -2.53. The summed E-state index contributed by atoms with van der Waals surface area (Å²) >= 11 is 0. The molecule has 142 valence electrons. The van der Waals surface area contributed by atoms with Crippen molar-refractivity contribution >= 4 is 21.5 Å². The summed E-state index contributed by atoms with van der Waals surface area (Å²) in [5.41, 5.74) is 0.741. The third kappa shape index (κ3) is 2.60. The molecule has 11 heteroatoms. The minimum Gasteiger partial charge on any atom is -0.363 e. The molecule has 2 fully saturated rings. The Labute approximate surface area is 155 Å². The van der Waals surface area contributed by atoms with Crippen molar-refractivity contribution in [2.24, 2.45) is 0 Å². The van der Waals surface area contributed by atoms with E-state index < -0.39 is 10.0 Å². The van der Waals surface area contributed by atoms with Gasteiger partial charge in [-0.15, -0.1) is 15.3 Å². The highest BCUT2D eigenvalue weighted by Crippen LogP contribution is 2.35. The van der Waals surface area contributed by atoms with Crippen molar-refractivity contribution < 1.29 is 12.9 Å². The normalized spacial score (nSPS) is 18.8. The summed E-state index contributed by atoms with van der Waals surface area (Å²) in [4.78, 5) is 2.12. The molecule has 5 rings (SSSR count). The van der Waals surface area contributed by atoms with Gasteiger partial charge in [0.15, 0.2) is 11.5 Å². The lowest BCUT2D eigenvalue weighted by Crippen LogP contribution is -2.60. The lowest BCUT2D eigenvalue weighted by molar-refractivity contribution is 0.308. The fourth-order valence-corrected chi connectivity index (χ4v) is 4.64. The van der Waals surface area contributed by atoms with Crippen LogP contribution in [0, 0.1) is 0 Å². The van der Waals surface area contributed by atoms with Gasteiger partial charge in [0.2, 0.25) is 10.0 Å². The zero-order valence-corrected chi connectivity index (χ0v) is 15.6. The van der Waals surface area contributed by atoms with Gasteiger partial charge in [-0.1, -0.05) is 11.6 Å². The SMILES string of the molecule is CN(C1CN(c2ccc3nnc(C4CCC4)n3n2)C1)S(=O)(=O)c1cnoc1. The molecular weight excluding hydrogens is 370 g/mol. The first-order valence-corrected chi connectivity index (χ1v) is 10.3. The van der Waals surface area contributed by atoms with Crippen molar-refractivity contribution in [3.05, 3.63) is 30.4 Å². The number of rotatable bonds is 5. The summed E-state index contributed by atoms with van der Waals surface area (Å²) in [6.07, 6.45) is 5.84. The third-order valence-corrected chi connectivity index (χ3v) is 7.38. The predicted molar refractivity (Wildman–Crippen MR) is 94.8 cm³/mol. The molecule has 1 aliphatic carbocycles. The van der Waals surface area contributed by atoms with E-state index in [2.05, 4.69) is 19.9 Å². The number of nitrogens with zero attached hydrogens (tertiary/aromatic N) is 7. The van der Waals surface area contributed by atoms with Crippen molar-refractivity contribution in [1.29, 1.82) is 0 Å². The third-order valence-electron chi connectivity index (χ3n) is 5.53. The van der Waals surface area contributed by atoms with Crippen LogP contribution >= 0.6 is 0 Å². The molecule has 2 aliphatic rings. The first kappa shape index (κ1) is 16.6. The minimum atomic E-state index is -3.60. The molecule has 1 saturated heterocycles. The van der Waals surface area contributed by atoms with Crippen LogP contribution in [0.25, 0.3) is 5.65 Å². The van der Waals surface area contributed by atoms with Crippen LogP contribution in [0.1, 0.15) is 31.0 Å². The van der Waals surface area contributed by atoms with Gasteiger partial charge in [-0.2, -0.15) is 8.82 Å². The number of likely N-dealkylation sites (N-methyl/N-ethyl adjacent to an activating group) is 1. The Morgan fingerprint density at radius 3 is 2.70 bits per heavy atom. The first-order chi connectivity index (χ1) is 13.0. The van der Waals surface area contributed by atoms with Crippen molar-refractivity contribution in [3.8, 4) is 0 Å². The van der Waals surface area contributed by atoms with E-state index in [9.17, 15) is 8.42 Å². The molecule has 3 aromatic rings. The molecule has 0 spiro atoms. The average molecular weight is 389 g/mol. The van der Waals surface area contributed by atoms with Gasteiger partial charge in [-0.05, 0) is 25.0 Å². The Balaban J connectivity index is 1.33. The zero-order chi connectivity index (χ0) is 18.6. The van der Waals surface area contributed by atoms with Gasteiger partial charge in [0, 0.05) is 26.1 Å². The molecular formula is C16H19N7O3S. The summed E-state index contributed by atoms with van der Waals surface area (Å²) in [6.45, 7) is 1.14. The fourth-order valence-electron chi connectivity index (χ4n) is 3.44. The summed E-state index contributed by atoms with van der Waals surface area (Å²) in [6, 6.07) is 3.68. The minimum absolute atomic E-state index is 0.0672. The first-order valence-electron chi connectivity index (χ1n) is 8.89. The van der Waals surface area contributed by atoms with Gasteiger partial charge in [0.05, 0.1) is 12.2 Å². The summed E-state index contributed by atoms with van der Waals surface area (Å²) in [5, 5.41) is 16.7. The molecule has 1 saturated carbocycles. The van der Waals surface area contributed by atoms with Crippen molar-refractivity contribution in [3.63, 3.8) is 0 Å². The number of hydrogen-bond acceptors (Lipinski definition) is 8. The molecule has 0 N–H and O–H groups in total. The van der Waals surface area contributed by atoms with E-state index in [1.807, 2.05) is 21.5 Å². The number of hydrogen-bond donors (Lipinski definition) is 0. The topological polar surface area (TPSA) is 110 Å². The highest BCUT2D eigenvalue weighted by atomic mass is 32.2. The van der Waals surface area contributed by atoms with Crippen LogP contribution in [-0.4, -0.2) is 63.9 Å². The molecule has 0 atom stereocenters. The van der Waals surface area contributed by atoms with Crippen LogP contribution in [-0.2, 0) is 10.0 Å². The Morgan fingerprint density at radius 1 is 1.22 bits per heavy atom. The number of anilines is 1. The number of sulfonamides is 1. The van der Waals surface area contributed by atoms with Crippen LogP contribution in [0.4, 0.5) is 5.82 Å². The van der Waals surface area contributed by atoms with Gasteiger partial charge in [0.1, 0.15) is 17.0 Å². The summed E-state index contributed by atoms with van der Waals surface area (Å²) in [5.74, 6) is 2.16. The van der Waals surface area contributed by atoms with E-state index in [1.165, 1.54) is 16.9 Å². The van der Waals surface area contributed by atoms with Crippen LogP contribution in [0.2, 0.25) is 0 Å². The van der Waals surface area contributed by atoms with Crippen LogP contribution in [0.3, 0.4) is 0 Å². The van der Waals surface area contributed by atoms with E-state index in [0.29, 0.717) is 19.0 Å². The lowest BCUT2D eigenvalue weighted by Gasteiger charge is -2.43. The van der Waals surface area contributed by atoms with E-state index in [-0.39, 0.29) is 10.9 Å². The van der Waals surface area contributed by atoms with Gasteiger partial charge >= 0.3 is 0 Å². The van der Waals surface area contributed by atoms with Gasteiger partial charge < -0.3 is 9.42 Å². The van der Waals surface area contributed by atoms with Crippen LogP contribution < -0.4 is 4.90 Å². The Bertz CT molecular complexity index is 1070. The largest absolute Gasteiger partial charge is 0.363 e. The van der Waals surface area contributed by atoms with E-state index in [1.54, 1.807) is 7.05 Å². The Kier molecular flexibility index (Phi) is 3.69. The molecule has 0 amide bonds. The van der Waals surface area contributed by atoms with Gasteiger partial charge in [-0.3, -0.25) is 0 Å². The second kappa shape index (κ2) is 5.99. The number of fused-ring (bicyclic) bond motifs is 1. The highest BCUT2D eigenvalue weighted by Gasteiger charge is 2.38. The second-order valence-corrected chi connectivity index (χ2v) is 9.09. The number of aromatic nitrogens is 5. The van der Waals surface area contributed by atoms with Crippen LogP contribution in [0.5, 0.6) is 0 Å². The van der Waals surface area contributed by atoms with Gasteiger partial charge in [-0.25, -0.2) is 8.42 Å². The maximum atomic E-state index is 12.5. The second-order valence-electron chi connectivity index (χ2n) is 7.09. The molecule has 0 bridgehead atoms. The smallest absolute Gasteiger partial charge is 0.248 e. The Morgan fingerprint density at radius 2 is 2.04 bits per heavy atom. The average Bonchev–Trinajstić information content (AvgIpc) is 3.22. The molecule has 4 heterocycles. The molecule has 27 heavy (non-hydrogen) atoms. The molecule has 10 nitrogen and oxygen atoms in total. The molecule has 0 aromatic carbocycles. The van der Waals surface area contributed by atoms with E-state index >= 15 is 0 Å². The van der Waals surface area contributed by atoms with E-state index in [4.69, 9.17) is 5.10 Å². The predicted octanol–water partition coefficient (Wildman–Crippen LogP) is 0.889. The van der Waals surface area contributed by atoms with Crippen molar-refractivity contribution in [2.45, 2.75) is 36.1 Å². The molecule has 3 aromatic heterocycles. The van der Waals surface area contributed by atoms with Gasteiger partial charge in [0.25, 0.3) is 0 Å². The molecule has 1 aliphatic heterocycles. The molecule has 0 radical (unpaired) electrons. The highest BCUT2D eigenvalue weighted by molar-refractivity contribution is 7.89. The van der Waals surface area contributed by atoms with Crippen LogP contribution in [0.15, 0.2) is 34.0 Å². The standard InChI is InChI=1S/C16H19N7O3S/c1-21(27(24,25)13-7-17-26-10-13)12-8-22(9-12)15-6-5-14-18-19-16(23(14)20-15)11-3-2-4-11/h5-7,10-12H,2-4,8-9H2,1H3. The summed E-state index contributed by atoms with van der Waals surface area (Å²) < 4.78 is 32.9. The maximum absolute atomic E-state index is 12.5. The lowest BCUT2D eigenvalue weighted by atomic mass is 9.85. The van der Waals surface area contributed by atoms with Crippen molar-refractivity contribution in [1.82, 2.24) is 29.3 Å². The molecule has 0 unspecified atom stereocenters. The quantitative estimate of drug-likeness (QED) is 0.633. The van der Waals surface area contributed by atoms with Crippen molar-refractivity contribution in [2.75, 3.05) is 25.0 Å². The maximum Gasteiger partial charge on any atom is 0.248 e.